The van der Waals surface area contributed by atoms with Gasteiger partial charge in [-0.2, -0.15) is 0 Å². The second-order valence-electron chi connectivity index (χ2n) is 16.0. The fraction of sp³-hybridized carbons (Fsp3) is 0.0175. The number of aromatic nitrogens is 2. The molecule has 0 atom stereocenters. The first-order valence-corrected chi connectivity index (χ1v) is 20.6. The summed E-state index contributed by atoms with van der Waals surface area (Å²) in [6.45, 7) is 0. The van der Waals surface area contributed by atoms with E-state index in [2.05, 4.69) is 203 Å². The van der Waals surface area contributed by atoms with Crippen LogP contribution in [-0.2, 0) is 0 Å². The molecule has 0 amide bonds. The van der Waals surface area contributed by atoms with Crippen molar-refractivity contribution in [2.24, 2.45) is 0 Å². The summed E-state index contributed by atoms with van der Waals surface area (Å²) in [5.41, 5.74) is 12.7. The van der Waals surface area contributed by atoms with Crippen LogP contribution in [0.4, 0.5) is 0 Å². The zero-order chi connectivity index (χ0) is 39.5. The van der Waals surface area contributed by atoms with E-state index in [0.717, 1.165) is 5.75 Å². The van der Waals surface area contributed by atoms with Gasteiger partial charge in [0, 0.05) is 43.1 Å². The highest BCUT2D eigenvalue weighted by Crippen LogP contribution is 2.45. The van der Waals surface area contributed by atoms with Gasteiger partial charge in [-0.05, 0) is 98.4 Å². The summed E-state index contributed by atoms with van der Waals surface area (Å²) in [5, 5.41) is 15.7. The first-order chi connectivity index (χ1) is 29.7. The van der Waals surface area contributed by atoms with E-state index >= 15 is 0 Å². The number of ether oxygens (including phenoxy) is 1. The Labute approximate surface area is 345 Å². The number of nitrogens with zero attached hydrogens (tertiary/aromatic N) is 2. The van der Waals surface area contributed by atoms with E-state index in [4.69, 9.17) is 4.74 Å². The minimum atomic E-state index is 0.898. The van der Waals surface area contributed by atoms with Crippen LogP contribution >= 0.6 is 0 Å². The van der Waals surface area contributed by atoms with Crippen LogP contribution in [0.5, 0.6) is 5.75 Å². The van der Waals surface area contributed by atoms with Crippen LogP contribution in [0.25, 0.3) is 120 Å². The predicted molar refractivity (Wildman–Crippen MR) is 255 cm³/mol. The Morgan fingerprint density at radius 3 is 1.28 bits per heavy atom. The van der Waals surface area contributed by atoms with E-state index in [0.29, 0.717) is 0 Å². The molecule has 10 aromatic carbocycles. The Balaban J connectivity index is 0.000000130. The van der Waals surface area contributed by atoms with E-state index in [1.54, 1.807) is 7.11 Å². The molecule has 0 fully saturated rings. The predicted octanol–water partition coefficient (Wildman–Crippen LogP) is 15.3. The van der Waals surface area contributed by atoms with Gasteiger partial charge in [-0.25, -0.2) is 0 Å². The molecule has 0 aliphatic heterocycles. The van der Waals surface area contributed by atoms with Gasteiger partial charge in [0.05, 0.1) is 40.2 Å². The first-order valence-electron chi connectivity index (χ1n) is 20.6. The molecule has 0 unspecified atom stereocenters. The van der Waals surface area contributed by atoms with E-state index in [-0.39, 0.29) is 0 Å². The van der Waals surface area contributed by atoms with Crippen molar-refractivity contribution in [3.05, 3.63) is 200 Å². The molecule has 0 saturated heterocycles. The van der Waals surface area contributed by atoms with Gasteiger partial charge in [-0.15, -0.1) is 0 Å². The van der Waals surface area contributed by atoms with Crippen molar-refractivity contribution < 1.29 is 4.74 Å². The minimum absolute atomic E-state index is 0.898. The lowest BCUT2D eigenvalue weighted by atomic mass is 9.97. The Kier molecular flexibility index (Phi) is 6.93. The van der Waals surface area contributed by atoms with Gasteiger partial charge in [0.15, 0.2) is 0 Å². The smallest absolute Gasteiger partial charge is 0.119 e. The monoisotopic (exact) mass is 764 g/mol. The standard InChI is InChI=1S/C34H21N.C23H15NO/c1-2-8-22(9-3-1)23-14-16-24(17-15-23)25-18-19-32-29(20-25)30-21-26-10-4-5-11-27(26)33-28-12-6-7-13-31(28)35(32)34(30)33;1-25-15-10-11-21-18(13-15)19-12-14-6-2-3-7-16(14)22-17-8-4-5-9-20(17)24(21)23(19)22/h1-21H;2-13H,1H3. The molecule has 0 aliphatic rings. The fourth-order valence-corrected chi connectivity index (χ4v) is 10.3. The highest BCUT2D eigenvalue weighted by atomic mass is 16.5. The van der Waals surface area contributed by atoms with Gasteiger partial charge >= 0.3 is 0 Å². The second kappa shape index (κ2) is 12.6. The summed E-state index contributed by atoms with van der Waals surface area (Å²) >= 11 is 0. The maximum atomic E-state index is 5.48. The number of para-hydroxylation sites is 2. The van der Waals surface area contributed by atoms with Gasteiger partial charge in [0.1, 0.15) is 5.75 Å². The summed E-state index contributed by atoms with van der Waals surface area (Å²) in [6, 6.07) is 72.5. The third-order valence-electron chi connectivity index (χ3n) is 12.9. The van der Waals surface area contributed by atoms with Crippen LogP contribution in [0.15, 0.2) is 200 Å². The minimum Gasteiger partial charge on any atom is -0.497 e. The molecule has 0 saturated carbocycles. The number of fused-ring (bicyclic) bond motifs is 16. The van der Waals surface area contributed by atoms with Gasteiger partial charge in [-0.3, -0.25) is 0 Å². The zero-order valence-corrected chi connectivity index (χ0v) is 32.9. The number of hydrogen-bond donors (Lipinski definition) is 0. The van der Waals surface area contributed by atoms with Crippen molar-refractivity contribution in [1.29, 1.82) is 0 Å². The molecule has 280 valence electrons. The maximum Gasteiger partial charge on any atom is 0.119 e. The molecule has 60 heavy (non-hydrogen) atoms. The van der Waals surface area contributed by atoms with Gasteiger partial charge in [-0.1, -0.05) is 146 Å². The summed E-state index contributed by atoms with van der Waals surface area (Å²) in [6.07, 6.45) is 0. The molecule has 4 aromatic heterocycles. The molecule has 4 heterocycles. The van der Waals surface area contributed by atoms with Crippen LogP contribution in [0.2, 0.25) is 0 Å². The molecule has 3 nitrogen and oxygen atoms in total. The molecule has 0 N–H and O–H groups in total. The summed E-state index contributed by atoms with van der Waals surface area (Å²) < 4.78 is 10.3. The van der Waals surface area contributed by atoms with E-state index in [1.165, 1.54) is 120 Å². The number of rotatable bonds is 3. The van der Waals surface area contributed by atoms with Crippen molar-refractivity contribution >= 4 is 97.7 Å². The van der Waals surface area contributed by atoms with Crippen LogP contribution in [0.3, 0.4) is 0 Å². The largest absolute Gasteiger partial charge is 0.497 e. The van der Waals surface area contributed by atoms with Crippen molar-refractivity contribution in [2.75, 3.05) is 7.11 Å². The number of benzene rings is 10. The van der Waals surface area contributed by atoms with Crippen LogP contribution in [-0.4, -0.2) is 15.9 Å². The summed E-state index contributed by atoms with van der Waals surface area (Å²) in [7, 11) is 1.72. The van der Waals surface area contributed by atoms with E-state index < -0.39 is 0 Å². The fourth-order valence-electron chi connectivity index (χ4n) is 10.3. The molecule has 0 spiro atoms. The van der Waals surface area contributed by atoms with E-state index in [1.807, 2.05) is 6.07 Å². The van der Waals surface area contributed by atoms with E-state index in [9.17, 15) is 0 Å². The second-order valence-corrected chi connectivity index (χ2v) is 16.0. The Morgan fingerprint density at radius 1 is 0.300 bits per heavy atom. The lowest BCUT2D eigenvalue weighted by molar-refractivity contribution is 0.415. The third kappa shape index (κ3) is 4.60. The summed E-state index contributed by atoms with van der Waals surface area (Å²) in [4.78, 5) is 0. The Bertz CT molecular complexity index is 3970. The number of methoxy groups -OCH3 is 1. The molecule has 0 radical (unpaired) electrons. The molecular weight excluding hydrogens is 729 g/mol. The highest BCUT2D eigenvalue weighted by Gasteiger charge is 2.21. The quantitative estimate of drug-likeness (QED) is 0.175. The SMILES string of the molecule is COc1ccc2c(c1)c1cc3ccccc3c3c4ccccc4n2c13.c1ccc(-c2ccc(-c3ccc4c(c3)c3cc5ccccc5c5c6ccccc6n4c35)cc2)cc1. The van der Waals surface area contributed by atoms with Gasteiger partial charge in [0.2, 0.25) is 0 Å². The molecule has 14 rings (SSSR count). The lowest BCUT2D eigenvalue weighted by Crippen LogP contribution is -1.83. The van der Waals surface area contributed by atoms with Crippen molar-refractivity contribution in [1.82, 2.24) is 8.80 Å². The van der Waals surface area contributed by atoms with Crippen LogP contribution < -0.4 is 4.74 Å². The molecule has 0 bridgehead atoms. The van der Waals surface area contributed by atoms with Crippen molar-refractivity contribution in [3.63, 3.8) is 0 Å². The number of hydrogen-bond acceptors (Lipinski definition) is 1. The Hall–Kier alpha value is -7.88. The van der Waals surface area contributed by atoms with Gasteiger partial charge in [0.25, 0.3) is 0 Å². The average molecular weight is 765 g/mol. The van der Waals surface area contributed by atoms with Crippen molar-refractivity contribution in [3.8, 4) is 28.0 Å². The normalized spacial score (nSPS) is 12.1. The molecular formula is C57H36N2O. The molecule has 3 heteroatoms. The summed E-state index contributed by atoms with van der Waals surface area (Å²) in [5.74, 6) is 0.898. The maximum absolute atomic E-state index is 5.48. The first kappa shape index (κ1) is 33.1. The topological polar surface area (TPSA) is 18.1 Å². The lowest BCUT2D eigenvalue weighted by Gasteiger charge is -2.06. The van der Waals surface area contributed by atoms with Crippen LogP contribution in [0, 0.1) is 0 Å². The molecule has 14 aromatic rings. The van der Waals surface area contributed by atoms with Gasteiger partial charge < -0.3 is 13.5 Å². The van der Waals surface area contributed by atoms with Crippen molar-refractivity contribution in [2.45, 2.75) is 0 Å². The highest BCUT2D eigenvalue weighted by molar-refractivity contribution is 6.32. The zero-order valence-electron chi connectivity index (χ0n) is 32.9. The van der Waals surface area contributed by atoms with Crippen LogP contribution in [0.1, 0.15) is 0 Å². The third-order valence-corrected chi connectivity index (χ3v) is 12.9. The average Bonchev–Trinajstić information content (AvgIpc) is 4.05. The molecule has 0 aliphatic carbocycles. The Morgan fingerprint density at radius 2 is 0.717 bits per heavy atom.